The minimum Gasteiger partial charge on any atom is -0.378 e. The zero-order valence-electron chi connectivity index (χ0n) is 22.2. The maximum Gasteiger partial charge on any atom is 0.254 e. The molecule has 0 bridgehead atoms. The molecular formula is C29H36N4O4. The van der Waals surface area contributed by atoms with Gasteiger partial charge in [0.15, 0.2) is 5.78 Å². The van der Waals surface area contributed by atoms with Crippen LogP contribution in [0.5, 0.6) is 0 Å². The molecule has 2 aliphatic rings. The Bertz CT molecular complexity index is 1170. The first kappa shape index (κ1) is 26.4. The maximum absolute atomic E-state index is 13.7. The van der Waals surface area contributed by atoms with E-state index in [2.05, 4.69) is 5.32 Å². The fourth-order valence-corrected chi connectivity index (χ4v) is 5.25. The molecule has 0 saturated carbocycles. The molecule has 37 heavy (non-hydrogen) atoms. The van der Waals surface area contributed by atoms with Gasteiger partial charge in [0.2, 0.25) is 5.91 Å². The van der Waals surface area contributed by atoms with Gasteiger partial charge in [-0.25, -0.2) is 0 Å². The summed E-state index contributed by atoms with van der Waals surface area (Å²) >= 11 is 0. The summed E-state index contributed by atoms with van der Waals surface area (Å²) in [4.78, 5) is 58.1. The molecule has 8 nitrogen and oxygen atoms in total. The normalized spacial score (nSPS) is 19.7. The molecule has 8 heteroatoms. The lowest BCUT2D eigenvalue weighted by Gasteiger charge is -2.29. The number of likely N-dealkylation sites (tertiary alicyclic amines) is 2. The number of hydrogen-bond acceptors (Lipinski definition) is 5. The number of ketones is 1. The number of fused-ring (bicyclic) bond motifs is 1. The van der Waals surface area contributed by atoms with Crippen molar-refractivity contribution in [3.63, 3.8) is 0 Å². The highest BCUT2D eigenvalue weighted by atomic mass is 16.2. The second-order valence-electron chi connectivity index (χ2n) is 10.7. The molecule has 2 aliphatic heterocycles. The molecule has 0 aliphatic carbocycles. The van der Waals surface area contributed by atoms with Crippen molar-refractivity contribution in [1.29, 1.82) is 0 Å². The quantitative estimate of drug-likeness (QED) is 0.626. The van der Waals surface area contributed by atoms with Gasteiger partial charge in [0.25, 0.3) is 11.8 Å². The van der Waals surface area contributed by atoms with E-state index >= 15 is 0 Å². The summed E-state index contributed by atoms with van der Waals surface area (Å²) in [6.07, 6.45) is 0.989. The first-order chi connectivity index (χ1) is 17.6. The molecule has 0 aromatic heterocycles. The summed E-state index contributed by atoms with van der Waals surface area (Å²) in [5.74, 6) is -0.761. The Kier molecular flexibility index (Phi) is 7.66. The summed E-state index contributed by atoms with van der Waals surface area (Å²) < 4.78 is 0. The Morgan fingerprint density at radius 2 is 1.59 bits per heavy atom. The van der Waals surface area contributed by atoms with Gasteiger partial charge in [-0.15, -0.1) is 0 Å². The van der Waals surface area contributed by atoms with E-state index in [9.17, 15) is 19.2 Å². The van der Waals surface area contributed by atoms with Gasteiger partial charge in [-0.3, -0.25) is 19.2 Å². The number of nitrogens with one attached hydrogen (secondary N) is 1. The number of hydrogen-bond donors (Lipinski definition) is 1. The maximum atomic E-state index is 13.7. The van der Waals surface area contributed by atoms with Gasteiger partial charge < -0.3 is 20.0 Å². The second-order valence-corrected chi connectivity index (χ2v) is 10.7. The Labute approximate surface area is 218 Å². The third-order valence-electron chi connectivity index (χ3n) is 7.22. The molecule has 0 radical (unpaired) electrons. The van der Waals surface area contributed by atoms with Crippen molar-refractivity contribution in [3.05, 3.63) is 65.2 Å². The molecule has 1 unspecified atom stereocenters. The number of carbonyl (C=O) groups excluding carboxylic acids is 4. The number of aryl methyl sites for hydroxylation is 1. The van der Waals surface area contributed by atoms with Crippen LogP contribution < -0.4 is 10.2 Å². The van der Waals surface area contributed by atoms with Crippen LogP contribution in [0.4, 0.5) is 5.69 Å². The molecule has 0 spiro atoms. The Morgan fingerprint density at radius 3 is 2.19 bits per heavy atom. The van der Waals surface area contributed by atoms with E-state index in [1.54, 1.807) is 34.1 Å². The third-order valence-corrected chi connectivity index (χ3v) is 7.22. The minimum absolute atomic E-state index is 0.00868. The molecule has 2 aromatic rings. The van der Waals surface area contributed by atoms with E-state index in [0.29, 0.717) is 30.5 Å². The topological polar surface area (TPSA) is 90.0 Å². The number of rotatable bonds is 7. The molecule has 4 rings (SSSR count). The van der Waals surface area contributed by atoms with E-state index in [-0.39, 0.29) is 42.0 Å². The highest BCUT2D eigenvalue weighted by Gasteiger charge is 2.52. The lowest BCUT2D eigenvalue weighted by atomic mass is 10.0. The SMILES string of the molecule is Cc1ccc(C(=O)N2CC(=O)[C@@H]3C2CCN3C(=O)[C@H](CC(C)C)NC(=O)c2ccc(N(C)C)cc2)cc1. The fourth-order valence-electron chi connectivity index (χ4n) is 5.25. The van der Waals surface area contributed by atoms with Crippen LogP contribution in [0.25, 0.3) is 0 Å². The van der Waals surface area contributed by atoms with Crippen LogP contribution in [-0.4, -0.2) is 78.6 Å². The van der Waals surface area contributed by atoms with Gasteiger partial charge in [-0.2, -0.15) is 0 Å². The van der Waals surface area contributed by atoms with Gasteiger partial charge in [0, 0.05) is 37.5 Å². The van der Waals surface area contributed by atoms with Crippen LogP contribution in [0, 0.1) is 12.8 Å². The van der Waals surface area contributed by atoms with Gasteiger partial charge >= 0.3 is 0 Å². The van der Waals surface area contributed by atoms with Crippen LogP contribution in [0.15, 0.2) is 48.5 Å². The van der Waals surface area contributed by atoms with Crippen molar-refractivity contribution >= 4 is 29.2 Å². The van der Waals surface area contributed by atoms with Gasteiger partial charge in [-0.05, 0) is 62.1 Å². The van der Waals surface area contributed by atoms with Crippen molar-refractivity contribution in [2.75, 3.05) is 32.1 Å². The van der Waals surface area contributed by atoms with E-state index < -0.39 is 12.1 Å². The smallest absolute Gasteiger partial charge is 0.254 e. The highest BCUT2D eigenvalue weighted by Crippen LogP contribution is 2.32. The van der Waals surface area contributed by atoms with Gasteiger partial charge in [-0.1, -0.05) is 31.5 Å². The van der Waals surface area contributed by atoms with Crippen LogP contribution in [-0.2, 0) is 9.59 Å². The highest BCUT2D eigenvalue weighted by molar-refractivity contribution is 6.03. The molecule has 2 heterocycles. The Balaban J connectivity index is 1.49. The first-order valence-electron chi connectivity index (χ1n) is 12.9. The molecule has 196 valence electrons. The number of Topliss-reactive ketones (excluding diaryl/α,β-unsaturated/α-hetero) is 1. The molecule has 2 aromatic carbocycles. The van der Waals surface area contributed by atoms with Crippen molar-refractivity contribution in [1.82, 2.24) is 15.1 Å². The summed E-state index contributed by atoms with van der Waals surface area (Å²) in [7, 11) is 3.85. The fraction of sp³-hybridized carbons (Fsp3) is 0.448. The molecule has 2 saturated heterocycles. The average molecular weight is 505 g/mol. The lowest BCUT2D eigenvalue weighted by Crippen LogP contribution is -2.53. The van der Waals surface area contributed by atoms with Crippen molar-refractivity contribution in [2.24, 2.45) is 5.92 Å². The second kappa shape index (κ2) is 10.7. The predicted molar refractivity (Wildman–Crippen MR) is 143 cm³/mol. The van der Waals surface area contributed by atoms with Crippen molar-refractivity contribution < 1.29 is 19.2 Å². The minimum atomic E-state index is -0.755. The summed E-state index contributed by atoms with van der Waals surface area (Å²) in [6.45, 7) is 6.31. The Morgan fingerprint density at radius 1 is 0.973 bits per heavy atom. The zero-order chi connectivity index (χ0) is 26.9. The van der Waals surface area contributed by atoms with Crippen LogP contribution >= 0.6 is 0 Å². The van der Waals surface area contributed by atoms with Crippen LogP contribution in [0.1, 0.15) is 53.0 Å². The number of carbonyl (C=O) groups is 4. The van der Waals surface area contributed by atoms with Gasteiger partial charge in [0.05, 0.1) is 12.6 Å². The van der Waals surface area contributed by atoms with Crippen LogP contribution in [0.2, 0.25) is 0 Å². The Hall–Kier alpha value is -3.68. The molecule has 2 fully saturated rings. The zero-order valence-corrected chi connectivity index (χ0v) is 22.2. The van der Waals surface area contributed by atoms with Gasteiger partial charge in [0.1, 0.15) is 12.1 Å². The summed E-state index contributed by atoms with van der Waals surface area (Å²) in [5.41, 5.74) is 3.03. The number of nitrogens with zero attached hydrogens (tertiary/aromatic N) is 3. The van der Waals surface area contributed by atoms with Crippen molar-refractivity contribution in [2.45, 2.75) is 51.7 Å². The molecule has 3 amide bonds. The summed E-state index contributed by atoms with van der Waals surface area (Å²) in [6, 6.07) is 12.7. The van der Waals surface area contributed by atoms with E-state index in [0.717, 1.165) is 11.3 Å². The molecule has 3 atom stereocenters. The van der Waals surface area contributed by atoms with Crippen LogP contribution in [0.3, 0.4) is 0 Å². The monoisotopic (exact) mass is 504 g/mol. The van der Waals surface area contributed by atoms with E-state index in [1.165, 1.54) is 0 Å². The average Bonchev–Trinajstić information content (AvgIpc) is 3.44. The number of anilines is 1. The number of amides is 3. The predicted octanol–water partition coefficient (Wildman–Crippen LogP) is 2.90. The number of benzene rings is 2. The van der Waals surface area contributed by atoms with Crippen molar-refractivity contribution in [3.8, 4) is 0 Å². The third kappa shape index (κ3) is 5.53. The van der Waals surface area contributed by atoms with E-state index in [1.807, 2.05) is 64.0 Å². The molecule has 1 N–H and O–H groups in total. The summed E-state index contributed by atoms with van der Waals surface area (Å²) in [5, 5.41) is 2.91. The standard InChI is InChI=1S/C29H36N4O4/c1-18(2)16-23(30-27(35)20-10-12-22(13-11-20)31(4)5)29(37)32-15-14-24-26(32)25(34)17-33(24)28(36)21-8-6-19(3)7-9-21/h6-13,18,23-24,26H,14-17H2,1-5H3,(H,30,35)/t23-,24?,26-/m0/s1. The molecular weight excluding hydrogens is 468 g/mol. The first-order valence-corrected chi connectivity index (χ1v) is 12.9. The largest absolute Gasteiger partial charge is 0.378 e. The van der Waals surface area contributed by atoms with E-state index in [4.69, 9.17) is 0 Å². The lowest BCUT2D eigenvalue weighted by molar-refractivity contribution is -0.138.